The second kappa shape index (κ2) is 10.3. The number of carbonyl (C=O) groups is 1. The van der Waals surface area contributed by atoms with Crippen molar-refractivity contribution in [3.8, 4) is 22.9 Å². The normalized spacial score (nSPS) is 16.7. The fourth-order valence-corrected chi connectivity index (χ4v) is 5.51. The number of fused-ring (bicyclic) bond motifs is 6. The lowest BCUT2D eigenvalue weighted by molar-refractivity contribution is -0.192. The maximum atomic E-state index is 13.4. The van der Waals surface area contributed by atoms with Crippen LogP contribution in [0.1, 0.15) is 11.1 Å². The molecule has 214 valence electrons. The van der Waals surface area contributed by atoms with Crippen LogP contribution in [0.2, 0.25) is 0 Å². The van der Waals surface area contributed by atoms with Crippen molar-refractivity contribution in [3.63, 3.8) is 0 Å². The molecule has 3 aliphatic heterocycles. The summed E-state index contributed by atoms with van der Waals surface area (Å²) in [6, 6.07) is 14.0. The molecule has 5 heterocycles. The number of alkyl halides is 3. The molecule has 2 aromatic heterocycles. The molecule has 1 saturated heterocycles. The Morgan fingerprint density at radius 1 is 1.00 bits per heavy atom. The van der Waals surface area contributed by atoms with Gasteiger partial charge in [-0.05, 0) is 36.2 Å². The van der Waals surface area contributed by atoms with Crippen LogP contribution >= 0.6 is 0 Å². The highest BCUT2D eigenvalue weighted by molar-refractivity contribution is 5.92. The average Bonchev–Trinajstić information content (AvgIpc) is 3.31. The zero-order chi connectivity index (χ0) is 28.9. The molecule has 2 aromatic carbocycles. The summed E-state index contributed by atoms with van der Waals surface area (Å²) in [4.78, 5) is 32.3. The van der Waals surface area contributed by atoms with Gasteiger partial charge in [-0.2, -0.15) is 13.2 Å². The molecular weight excluding hydrogens is 541 g/mol. The zero-order valence-electron chi connectivity index (χ0n) is 22.2. The number of pyridine rings is 2. The average molecular weight is 569 g/mol. The number of benzene rings is 2. The predicted octanol–water partition coefficient (Wildman–Crippen LogP) is 3.73. The number of likely N-dealkylation sites (N-methyl/N-ethyl adjacent to an activating group) is 1. The largest absolute Gasteiger partial charge is 0.490 e. The summed E-state index contributed by atoms with van der Waals surface area (Å²) in [5, 5.41) is 9.92. The molecule has 0 atom stereocenters. The van der Waals surface area contributed by atoms with Gasteiger partial charge in [0.25, 0.3) is 5.56 Å². The molecule has 0 amide bonds. The Hall–Kier alpha value is -4.16. The summed E-state index contributed by atoms with van der Waals surface area (Å²) in [5.74, 6) is -1.24. The van der Waals surface area contributed by atoms with E-state index in [1.165, 1.54) is 5.56 Å². The summed E-state index contributed by atoms with van der Waals surface area (Å²) < 4.78 is 45.4. The minimum absolute atomic E-state index is 0.0478. The zero-order valence-corrected chi connectivity index (χ0v) is 22.2. The van der Waals surface area contributed by atoms with Crippen LogP contribution in [0.3, 0.4) is 0 Å². The Morgan fingerprint density at radius 3 is 2.34 bits per heavy atom. The summed E-state index contributed by atoms with van der Waals surface area (Å²) in [5.41, 5.74) is 5.14. The summed E-state index contributed by atoms with van der Waals surface area (Å²) in [7, 11) is 2.17. The van der Waals surface area contributed by atoms with Crippen LogP contribution in [-0.4, -0.2) is 83.0 Å². The molecule has 0 saturated carbocycles. The van der Waals surface area contributed by atoms with Crippen molar-refractivity contribution in [1.29, 1.82) is 0 Å². The Balaban J connectivity index is 0.000000387. The Kier molecular flexibility index (Phi) is 6.82. The molecule has 0 spiro atoms. The van der Waals surface area contributed by atoms with E-state index in [1.807, 2.05) is 34.9 Å². The van der Waals surface area contributed by atoms with E-state index in [4.69, 9.17) is 24.4 Å². The van der Waals surface area contributed by atoms with Crippen molar-refractivity contribution in [2.75, 3.05) is 46.4 Å². The number of carboxylic acid groups (broad SMARTS) is 1. The van der Waals surface area contributed by atoms with Gasteiger partial charge in [0.2, 0.25) is 0 Å². The number of rotatable bonds is 2. The van der Waals surface area contributed by atoms with Gasteiger partial charge in [0.05, 0.1) is 23.4 Å². The topological polar surface area (TPSA) is 97.1 Å². The summed E-state index contributed by atoms with van der Waals surface area (Å²) in [6.07, 6.45) is -5.08. The van der Waals surface area contributed by atoms with Gasteiger partial charge in [-0.25, -0.2) is 9.78 Å². The minimum Gasteiger partial charge on any atom is -0.486 e. The van der Waals surface area contributed by atoms with Gasteiger partial charge < -0.3 is 24.0 Å². The van der Waals surface area contributed by atoms with Gasteiger partial charge in [0.1, 0.15) is 13.2 Å². The number of hydrogen-bond acceptors (Lipinski definition) is 7. The number of piperazine rings is 1. The maximum Gasteiger partial charge on any atom is 0.490 e. The van der Waals surface area contributed by atoms with Gasteiger partial charge in [-0.3, -0.25) is 9.69 Å². The summed E-state index contributed by atoms with van der Waals surface area (Å²) in [6.45, 7) is 6.64. The van der Waals surface area contributed by atoms with E-state index in [0.717, 1.165) is 82.8 Å². The van der Waals surface area contributed by atoms with Gasteiger partial charge in [0, 0.05) is 55.1 Å². The molecule has 1 N–H and O–H groups in total. The highest BCUT2D eigenvalue weighted by Crippen LogP contribution is 2.41. The van der Waals surface area contributed by atoms with Crippen molar-refractivity contribution in [2.24, 2.45) is 0 Å². The van der Waals surface area contributed by atoms with Crippen LogP contribution in [0.25, 0.3) is 33.1 Å². The molecule has 41 heavy (non-hydrogen) atoms. The van der Waals surface area contributed by atoms with Crippen LogP contribution in [0.4, 0.5) is 13.2 Å². The van der Waals surface area contributed by atoms with E-state index in [-0.39, 0.29) is 5.56 Å². The molecule has 3 aliphatic rings. The molecular formula is C29H27F3N4O5. The van der Waals surface area contributed by atoms with E-state index in [1.54, 1.807) is 0 Å². The SMILES string of the molecule is CN1CCN(Cc2c3c(nc4cc5c(cc24)OCCO5)-c2cc4ccccc4c(=O)n2C3)CC1.O=C(O)C(F)(F)F. The van der Waals surface area contributed by atoms with Crippen LogP contribution in [0, 0.1) is 0 Å². The molecule has 0 bridgehead atoms. The van der Waals surface area contributed by atoms with Gasteiger partial charge in [-0.15, -0.1) is 0 Å². The maximum absolute atomic E-state index is 13.4. The molecule has 0 radical (unpaired) electrons. The lowest BCUT2D eigenvalue weighted by atomic mass is 9.99. The third-order valence-electron chi connectivity index (χ3n) is 7.67. The number of ether oxygens (including phenoxy) is 2. The van der Waals surface area contributed by atoms with Gasteiger partial charge in [-0.1, -0.05) is 18.2 Å². The van der Waals surface area contributed by atoms with Crippen molar-refractivity contribution in [2.45, 2.75) is 19.3 Å². The van der Waals surface area contributed by atoms with Crippen molar-refractivity contribution in [3.05, 3.63) is 63.9 Å². The van der Waals surface area contributed by atoms with Crippen molar-refractivity contribution >= 4 is 27.6 Å². The third-order valence-corrected chi connectivity index (χ3v) is 7.67. The van der Waals surface area contributed by atoms with E-state index < -0.39 is 12.1 Å². The molecule has 0 unspecified atom stereocenters. The molecule has 4 aromatic rings. The number of carboxylic acids is 1. The lowest BCUT2D eigenvalue weighted by Crippen LogP contribution is -2.44. The number of aliphatic carboxylic acids is 1. The monoisotopic (exact) mass is 568 g/mol. The molecule has 9 nitrogen and oxygen atoms in total. The van der Waals surface area contributed by atoms with E-state index in [0.29, 0.717) is 19.8 Å². The van der Waals surface area contributed by atoms with Crippen molar-refractivity contribution in [1.82, 2.24) is 19.4 Å². The lowest BCUT2D eigenvalue weighted by Gasteiger charge is -2.33. The number of nitrogens with zero attached hydrogens (tertiary/aromatic N) is 4. The highest BCUT2D eigenvalue weighted by Gasteiger charge is 2.38. The smallest absolute Gasteiger partial charge is 0.486 e. The van der Waals surface area contributed by atoms with Crippen LogP contribution < -0.4 is 15.0 Å². The minimum atomic E-state index is -5.08. The van der Waals surface area contributed by atoms with E-state index in [2.05, 4.69) is 29.0 Å². The molecule has 1 fully saturated rings. The fraction of sp³-hybridized carbons (Fsp3) is 0.345. The third kappa shape index (κ3) is 5.08. The van der Waals surface area contributed by atoms with Crippen LogP contribution in [0.15, 0.2) is 47.3 Å². The first-order valence-corrected chi connectivity index (χ1v) is 13.2. The Bertz CT molecular complexity index is 1730. The second-order valence-corrected chi connectivity index (χ2v) is 10.3. The van der Waals surface area contributed by atoms with Crippen molar-refractivity contribution < 1.29 is 32.5 Å². The molecule has 12 heteroatoms. The fourth-order valence-electron chi connectivity index (χ4n) is 5.51. The van der Waals surface area contributed by atoms with Gasteiger partial charge in [0.15, 0.2) is 11.5 Å². The standard InChI is InChI=1S/C27H26N4O3.C2HF3O2/c1-29-6-8-30(9-7-29)15-20-19-13-24-25(34-11-10-33-24)14-22(19)28-26-21(20)16-31-23(26)12-17-4-2-3-5-18(17)27(31)32;3-2(4,5)1(6)7/h2-5,12-14H,6-11,15-16H2,1H3;(H,6,7). The first kappa shape index (κ1) is 27.0. The number of hydrogen-bond donors (Lipinski definition) is 1. The molecule has 0 aliphatic carbocycles. The predicted molar refractivity (Wildman–Crippen MR) is 146 cm³/mol. The van der Waals surface area contributed by atoms with Crippen LogP contribution in [0.5, 0.6) is 11.5 Å². The first-order chi connectivity index (χ1) is 19.6. The molecule has 7 rings (SSSR count). The van der Waals surface area contributed by atoms with E-state index in [9.17, 15) is 18.0 Å². The second-order valence-electron chi connectivity index (χ2n) is 10.3. The summed E-state index contributed by atoms with van der Waals surface area (Å²) >= 11 is 0. The quantitative estimate of drug-likeness (QED) is 0.344. The first-order valence-electron chi connectivity index (χ1n) is 13.2. The van der Waals surface area contributed by atoms with E-state index >= 15 is 0 Å². The highest BCUT2D eigenvalue weighted by atomic mass is 19.4. The number of halogens is 3. The Labute approximate surface area is 232 Å². The van der Waals surface area contributed by atoms with Crippen LogP contribution in [-0.2, 0) is 17.9 Å². The van der Waals surface area contributed by atoms with Gasteiger partial charge >= 0.3 is 12.1 Å². The Morgan fingerprint density at radius 2 is 1.66 bits per heavy atom. The number of aromatic nitrogens is 2.